The molecule has 0 radical (unpaired) electrons. The predicted molar refractivity (Wildman–Crippen MR) is 93.3 cm³/mol. The van der Waals surface area contributed by atoms with Crippen LogP contribution >= 0.6 is 0 Å². The Morgan fingerprint density at radius 3 is 2.68 bits per heavy atom. The topological polar surface area (TPSA) is 30.9 Å². The van der Waals surface area contributed by atoms with Crippen LogP contribution < -0.4 is 5.32 Å². The lowest BCUT2D eigenvalue weighted by atomic mass is 9.86. The number of likely N-dealkylation sites (tertiary alicyclic amines) is 2. The van der Waals surface area contributed by atoms with Crippen molar-refractivity contribution in [1.82, 2.24) is 15.1 Å². The predicted octanol–water partition coefficient (Wildman–Crippen LogP) is 2.70. The van der Waals surface area contributed by atoms with Crippen molar-refractivity contribution in [2.45, 2.75) is 64.3 Å². The van der Waals surface area contributed by atoms with E-state index in [4.69, 9.17) is 0 Å². The van der Waals surface area contributed by atoms with Crippen LogP contribution in [0.25, 0.3) is 0 Å². The smallest absolute Gasteiger partial charge is 0.193 e. The van der Waals surface area contributed by atoms with Gasteiger partial charge < -0.3 is 10.2 Å². The molecule has 126 valence electrons. The third-order valence-corrected chi connectivity index (χ3v) is 6.26. The first-order chi connectivity index (χ1) is 10.8. The number of likely N-dealkylation sites (N-methyl/N-ethyl adjacent to an activating group) is 1. The molecule has 1 saturated carbocycles. The van der Waals surface area contributed by atoms with E-state index < -0.39 is 0 Å². The fraction of sp³-hybridized carbons (Fsp3) is 0.944. The molecule has 3 fully saturated rings. The molecule has 22 heavy (non-hydrogen) atoms. The van der Waals surface area contributed by atoms with E-state index in [-0.39, 0.29) is 0 Å². The van der Waals surface area contributed by atoms with Gasteiger partial charge in [0.2, 0.25) is 0 Å². The molecule has 2 aliphatic heterocycles. The molecule has 2 heterocycles. The summed E-state index contributed by atoms with van der Waals surface area (Å²) in [6, 6.07) is 0.693. The van der Waals surface area contributed by atoms with Gasteiger partial charge in [-0.15, -0.1) is 0 Å². The SMILES string of the molecule is CCN1CCCCC1CNC(=NC)N1CCC2(CCCC2)C1. The molecular formula is C18H34N4. The van der Waals surface area contributed by atoms with Crippen LogP contribution in [0.3, 0.4) is 0 Å². The number of hydrogen-bond donors (Lipinski definition) is 1. The van der Waals surface area contributed by atoms with Crippen molar-refractivity contribution in [2.24, 2.45) is 10.4 Å². The number of aliphatic imine (C=N–C) groups is 1. The van der Waals surface area contributed by atoms with Gasteiger partial charge in [-0.3, -0.25) is 9.89 Å². The first-order valence-electron chi connectivity index (χ1n) is 9.46. The number of guanidine groups is 1. The minimum atomic E-state index is 0.623. The summed E-state index contributed by atoms with van der Waals surface area (Å²) in [5, 5.41) is 3.69. The van der Waals surface area contributed by atoms with Gasteiger partial charge in [-0.05, 0) is 50.6 Å². The van der Waals surface area contributed by atoms with Gasteiger partial charge in [0.05, 0.1) is 0 Å². The number of hydrogen-bond acceptors (Lipinski definition) is 2. The number of piperidine rings is 1. The first-order valence-corrected chi connectivity index (χ1v) is 9.46. The third-order valence-electron chi connectivity index (χ3n) is 6.26. The van der Waals surface area contributed by atoms with Gasteiger partial charge in [-0.2, -0.15) is 0 Å². The number of nitrogens with zero attached hydrogens (tertiary/aromatic N) is 3. The molecule has 3 rings (SSSR count). The van der Waals surface area contributed by atoms with Gasteiger partial charge in [0.25, 0.3) is 0 Å². The Bertz CT molecular complexity index is 387. The molecule has 4 heteroatoms. The highest BCUT2D eigenvalue weighted by Gasteiger charge is 2.41. The Hall–Kier alpha value is -0.770. The number of nitrogens with one attached hydrogen (secondary N) is 1. The molecule has 0 amide bonds. The molecule has 0 aromatic carbocycles. The maximum Gasteiger partial charge on any atom is 0.193 e. The van der Waals surface area contributed by atoms with Crippen LogP contribution in [0.4, 0.5) is 0 Å². The van der Waals surface area contributed by atoms with E-state index >= 15 is 0 Å². The van der Waals surface area contributed by atoms with Gasteiger partial charge in [0.15, 0.2) is 5.96 Å². The van der Waals surface area contributed by atoms with Crippen LogP contribution in [0.5, 0.6) is 0 Å². The fourth-order valence-corrected chi connectivity index (χ4v) is 4.90. The third kappa shape index (κ3) is 3.42. The quantitative estimate of drug-likeness (QED) is 0.642. The lowest BCUT2D eigenvalue weighted by molar-refractivity contribution is 0.156. The second kappa shape index (κ2) is 7.20. The Balaban J connectivity index is 1.52. The molecule has 0 aromatic heterocycles. The summed E-state index contributed by atoms with van der Waals surface area (Å²) in [6.45, 7) is 8.23. The zero-order valence-electron chi connectivity index (χ0n) is 14.6. The summed E-state index contributed by atoms with van der Waals surface area (Å²) in [5.74, 6) is 1.14. The van der Waals surface area contributed by atoms with Crippen molar-refractivity contribution in [1.29, 1.82) is 0 Å². The minimum Gasteiger partial charge on any atom is -0.355 e. The Kier molecular flexibility index (Phi) is 5.27. The highest BCUT2D eigenvalue weighted by atomic mass is 15.3. The van der Waals surface area contributed by atoms with Gasteiger partial charge >= 0.3 is 0 Å². The molecule has 4 nitrogen and oxygen atoms in total. The molecule has 1 aliphatic carbocycles. The summed E-state index contributed by atoms with van der Waals surface area (Å²) < 4.78 is 0. The highest BCUT2D eigenvalue weighted by molar-refractivity contribution is 5.80. The van der Waals surface area contributed by atoms with E-state index in [1.54, 1.807) is 0 Å². The van der Waals surface area contributed by atoms with Crippen molar-refractivity contribution in [2.75, 3.05) is 39.8 Å². The Labute approximate surface area is 136 Å². The average Bonchev–Trinajstić information content (AvgIpc) is 3.19. The molecule has 1 N–H and O–H groups in total. The van der Waals surface area contributed by atoms with Crippen LogP contribution in [-0.4, -0.2) is 61.6 Å². The van der Waals surface area contributed by atoms with Gasteiger partial charge in [0, 0.05) is 32.7 Å². The molecule has 2 saturated heterocycles. The molecule has 1 unspecified atom stereocenters. The maximum atomic E-state index is 4.57. The Morgan fingerprint density at radius 1 is 1.14 bits per heavy atom. The summed E-state index contributed by atoms with van der Waals surface area (Å²) in [5.41, 5.74) is 0.623. The summed E-state index contributed by atoms with van der Waals surface area (Å²) in [6.07, 6.45) is 11.2. The van der Waals surface area contributed by atoms with E-state index in [2.05, 4.69) is 27.0 Å². The normalized spacial score (nSPS) is 29.5. The lowest BCUT2D eigenvalue weighted by Gasteiger charge is -2.36. The monoisotopic (exact) mass is 306 g/mol. The van der Waals surface area contributed by atoms with Crippen molar-refractivity contribution in [3.05, 3.63) is 0 Å². The van der Waals surface area contributed by atoms with Crippen LogP contribution in [0.15, 0.2) is 4.99 Å². The average molecular weight is 306 g/mol. The van der Waals surface area contributed by atoms with E-state index in [1.807, 2.05) is 7.05 Å². The van der Waals surface area contributed by atoms with Crippen molar-refractivity contribution < 1.29 is 0 Å². The van der Waals surface area contributed by atoms with Gasteiger partial charge in [-0.25, -0.2) is 0 Å². The van der Waals surface area contributed by atoms with E-state index in [0.717, 1.165) is 12.5 Å². The van der Waals surface area contributed by atoms with Crippen molar-refractivity contribution in [3.63, 3.8) is 0 Å². The lowest BCUT2D eigenvalue weighted by Crippen LogP contribution is -2.49. The first kappa shape index (κ1) is 16.1. The van der Waals surface area contributed by atoms with Crippen molar-refractivity contribution >= 4 is 5.96 Å². The summed E-state index contributed by atoms with van der Waals surface area (Å²) in [4.78, 5) is 9.72. The fourth-order valence-electron chi connectivity index (χ4n) is 4.90. The maximum absolute atomic E-state index is 4.57. The van der Waals surface area contributed by atoms with Crippen molar-refractivity contribution in [3.8, 4) is 0 Å². The zero-order chi connectivity index (χ0) is 15.4. The molecule has 0 bridgehead atoms. The summed E-state index contributed by atoms with van der Waals surface area (Å²) >= 11 is 0. The van der Waals surface area contributed by atoms with Gasteiger partial charge in [0.1, 0.15) is 0 Å². The molecular weight excluding hydrogens is 272 g/mol. The van der Waals surface area contributed by atoms with Crippen LogP contribution in [-0.2, 0) is 0 Å². The van der Waals surface area contributed by atoms with Crippen LogP contribution in [0, 0.1) is 5.41 Å². The van der Waals surface area contributed by atoms with E-state index in [9.17, 15) is 0 Å². The molecule has 1 atom stereocenters. The molecule has 3 aliphatic rings. The second-order valence-corrected chi connectivity index (χ2v) is 7.58. The largest absolute Gasteiger partial charge is 0.355 e. The summed E-state index contributed by atoms with van der Waals surface area (Å²) in [7, 11) is 1.94. The van der Waals surface area contributed by atoms with Crippen LogP contribution in [0.2, 0.25) is 0 Å². The standard InChI is InChI=1S/C18H34N4/c1-3-21-12-7-4-8-16(21)14-20-17(19-2)22-13-11-18(15-22)9-5-6-10-18/h16H,3-15H2,1-2H3,(H,19,20). The number of rotatable bonds is 3. The minimum absolute atomic E-state index is 0.623. The second-order valence-electron chi connectivity index (χ2n) is 7.58. The zero-order valence-corrected chi connectivity index (χ0v) is 14.6. The molecule has 1 spiro atoms. The Morgan fingerprint density at radius 2 is 1.95 bits per heavy atom. The van der Waals surface area contributed by atoms with Gasteiger partial charge in [-0.1, -0.05) is 26.2 Å². The van der Waals surface area contributed by atoms with Crippen LogP contribution in [0.1, 0.15) is 58.3 Å². The highest BCUT2D eigenvalue weighted by Crippen LogP contribution is 2.45. The molecule has 0 aromatic rings. The van der Waals surface area contributed by atoms with E-state index in [0.29, 0.717) is 11.5 Å². The van der Waals surface area contributed by atoms with E-state index in [1.165, 1.54) is 77.5 Å².